The number of ether oxygens (including phenoxy) is 2. The van der Waals surface area contributed by atoms with Gasteiger partial charge in [-0.1, -0.05) is 36.4 Å². The van der Waals surface area contributed by atoms with Gasteiger partial charge in [-0.25, -0.2) is 4.98 Å². The summed E-state index contributed by atoms with van der Waals surface area (Å²) < 4.78 is 11.0. The van der Waals surface area contributed by atoms with Crippen LogP contribution in [0, 0.1) is 0 Å². The Morgan fingerprint density at radius 3 is 2.43 bits per heavy atom. The number of H-pyrrole nitrogens is 1. The van der Waals surface area contributed by atoms with Crippen molar-refractivity contribution in [3.05, 3.63) is 75.7 Å². The zero-order valence-electron chi connectivity index (χ0n) is 16.1. The molecule has 0 spiro atoms. The zero-order valence-corrected chi connectivity index (χ0v) is 16.1. The van der Waals surface area contributed by atoms with E-state index < -0.39 is 0 Å². The summed E-state index contributed by atoms with van der Waals surface area (Å²) >= 11 is 0. The van der Waals surface area contributed by atoms with Crippen LogP contribution in [0.3, 0.4) is 0 Å². The standard InChI is InChI=1S/C22H23N3O3/c1-27-19-9-6-10-20(28-2)17(19)13-25-12-11-16-18(14-25)23-21(24-22(16)26)15-7-4-3-5-8-15/h3-10H,11-14H2,1-2H3,(H,23,24,26). The lowest BCUT2D eigenvalue weighted by Gasteiger charge is -2.28. The second-order valence-electron chi connectivity index (χ2n) is 6.81. The van der Waals surface area contributed by atoms with Gasteiger partial charge in [0.15, 0.2) is 0 Å². The molecule has 144 valence electrons. The minimum absolute atomic E-state index is 0.0432. The Hall–Kier alpha value is -3.12. The SMILES string of the molecule is COc1cccc(OC)c1CN1CCc2c(nc(-c3ccccc3)[nH]c2=O)C1. The van der Waals surface area contributed by atoms with Crippen molar-refractivity contribution in [2.75, 3.05) is 20.8 Å². The lowest BCUT2D eigenvalue weighted by Crippen LogP contribution is -2.35. The summed E-state index contributed by atoms with van der Waals surface area (Å²) in [6, 6.07) is 15.5. The lowest BCUT2D eigenvalue weighted by molar-refractivity contribution is 0.233. The normalized spacial score (nSPS) is 13.8. The molecule has 28 heavy (non-hydrogen) atoms. The molecule has 0 amide bonds. The Morgan fingerprint density at radius 1 is 1.04 bits per heavy atom. The van der Waals surface area contributed by atoms with E-state index in [-0.39, 0.29) is 5.56 Å². The van der Waals surface area contributed by atoms with E-state index in [1.165, 1.54) is 0 Å². The van der Waals surface area contributed by atoms with Crippen LogP contribution in [0.1, 0.15) is 16.8 Å². The number of methoxy groups -OCH3 is 2. The van der Waals surface area contributed by atoms with Gasteiger partial charge in [0, 0.05) is 30.8 Å². The maximum absolute atomic E-state index is 12.6. The Morgan fingerprint density at radius 2 is 1.75 bits per heavy atom. The fourth-order valence-electron chi connectivity index (χ4n) is 3.67. The van der Waals surface area contributed by atoms with E-state index in [1.807, 2.05) is 48.5 Å². The average molecular weight is 377 g/mol. The van der Waals surface area contributed by atoms with E-state index in [0.717, 1.165) is 40.4 Å². The van der Waals surface area contributed by atoms with Crippen LogP contribution in [0.2, 0.25) is 0 Å². The van der Waals surface area contributed by atoms with Crippen molar-refractivity contribution in [2.24, 2.45) is 0 Å². The predicted molar refractivity (Wildman–Crippen MR) is 108 cm³/mol. The van der Waals surface area contributed by atoms with E-state index in [1.54, 1.807) is 14.2 Å². The maximum Gasteiger partial charge on any atom is 0.254 e. The van der Waals surface area contributed by atoms with Gasteiger partial charge in [-0.2, -0.15) is 0 Å². The number of nitrogens with one attached hydrogen (secondary N) is 1. The lowest BCUT2D eigenvalue weighted by atomic mass is 10.0. The fourth-order valence-corrected chi connectivity index (χ4v) is 3.67. The molecule has 0 atom stereocenters. The summed E-state index contributed by atoms with van der Waals surface area (Å²) in [5.74, 6) is 2.21. The van der Waals surface area contributed by atoms with Crippen LogP contribution in [-0.2, 0) is 19.5 Å². The van der Waals surface area contributed by atoms with Gasteiger partial charge in [0.1, 0.15) is 17.3 Å². The van der Waals surface area contributed by atoms with Gasteiger partial charge in [-0.3, -0.25) is 9.69 Å². The highest BCUT2D eigenvalue weighted by molar-refractivity contribution is 5.54. The molecule has 0 aliphatic carbocycles. The Labute approximate surface area is 163 Å². The van der Waals surface area contributed by atoms with Crippen molar-refractivity contribution in [2.45, 2.75) is 19.5 Å². The summed E-state index contributed by atoms with van der Waals surface area (Å²) in [7, 11) is 3.33. The zero-order chi connectivity index (χ0) is 19.5. The van der Waals surface area contributed by atoms with Crippen LogP contribution in [0.4, 0.5) is 0 Å². The molecular formula is C22H23N3O3. The average Bonchev–Trinajstić information content (AvgIpc) is 2.74. The van der Waals surface area contributed by atoms with Crippen LogP contribution in [0.5, 0.6) is 11.5 Å². The fraction of sp³-hybridized carbons (Fsp3) is 0.273. The molecular weight excluding hydrogens is 354 g/mol. The van der Waals surface area contributed by atoms with Gasteiger partial charge in [0.2, 0.25) is 0 Å². The Kier molecular flexibility index (Phi) is 5.12. The molecule has 0 fully saturated rings. The summed E-state index contributed by atoms with van der Waals surface area (Å²) in [4.78, 5) is 22.5. The van der Waals surface area contributed by atoms with Crippen molar-refractivity contribution < 1.29 is 9.47 Å². The third-order valence-electron chi connectivity index (χ3n) is 5.11. The number of rotatable bonds is 5. The first-order valence-electron chi connectivity index (χ1n) is 9.29. The molecule has 6 nitrogen and oxygen atoms in total. The van der Waals surface area contributed by atoms with E-state index in [4.69, 9.17) is 14.5 Å². The molecule has 1 aromatic heterocycles. The molecule has 1 aliphatic rings. The molecule has 0 unspecified atom stereocenters. The number of fused-ring (bicyclic) bond motifs is 1. The number of aromatic amines is 1. The first-order valence-corrected chi connectivity index (χ1v) is 9.29. The van der Waals surface area contributed by atoms with Crippen LogP contribution in [0.15, 0.2) is 53.3 Å². The quantitative estimate of drug-likeness (QED) is 0.740. The number of hydrogen-bond donors (Lipinski definition) is 1. The molecule has 0 saturated carbocycles. The maximum atomic E-state index is 12.6. The van der Waals surface area contributed by atoms with Gasteiger partial charge >= 0.3 is 0 Å². The number of hydrogen-bond acceptors (Lipinski definition) is 5. The monoisotopic (exact) mass is 377 g/mol. The molecule has 6 heteroatoms. The van der Waals surface area contributed by atoms with Gasteiger partial charge in [-0.05, 0) is 18.6 Å². The smallest absolute Gasteiger partial charge is 0.254 e. The van der Waals surface area contributed by atoms with Crippen LogP contribution < -0.4 is 15.0 Å². The van der Waals surface area contributed by atoms with Gasteiger partial charge < -0.3 is 14.5 Å². The number of aromatic nitrogens is 2. The first-order chi connectivity index (χ1) is 13.7. The second kappa shape index (κ2) is 7.86. The highest BCUT2D eigenvalue weighted by Gasteiger charge is 2.23. The van der Waals surface area contributed by atoms with E-state index >= 15 is 0 Å². The van der Waals surface area contributed by atoms with Crippen LogP contribution in [0.25, 0.3) is 11.4 Å². The molecule has 4 rings (SSSR count). The van der Waals surface area contributed by atoms with E-state index in [0.29, 0.717) is 25.3 Å². The minimum atomic E-state index is -0.0432. The van der Waals surface area contributed by atoms with Crippen LogP contribution in [-0.4, -0.2) is 35.6 Å². The molecule has 2 heterocycles. The second-order valence-corrected chi connectivity index (χ2v) is 6.81. The highest BCUT2D eigenvalue weighted by Crippen LogP contribution is 2.31. The van der Waals surface area contributed by atoms with Gasteiger partial charge in [-0.15, -0.1) is 0 Å². The van der Waals surface area contributed by atoms with Crippen molar-refractivity contribution in [3.63, 3.8) is 0 Å². The van der Waals surface area contributed by atoms with Crippen molar-refractivity contribution >= 4 is 0 Å². The molecule has 2 aromatic carbocycles. The molecule has 0 saturated heterocycles. The summed E-state index contributed by atoms with van der Waals surface area (Å²) in [6.45, 7) is 2.06. The van der Waals surface area contributed by atoms with Crippen molar-refractivity contribution in [3.8, 4) is 22.9 Å². The van der Waals surface area contributed by atoms with Gasteiger partial charge in [0.25, 0.3) is 5.56 Å². The molecule has 0 bridgehead atoms. The van der Waals surface area contributed by atoms with Crippen LogP contribution >= 0.6 is 0 Å². The number of nitrogens with zero attached hydrogens (tertiary/aromatic N) is 2. The largest absolute Gasteiger partial charge is 0.496 e. The molecule has 0 radical (unpaired) electrons. The van der Waals surface area contributed by atoms with Crippen molar-refractivity contribution in [1.82, 2.24) is 14.9 Å². The first kappa shape index (κ1) is 18.3. The minimum Gasteiger partial charge on any atom is -0.496 e. The summed E-state index contributed by atoms with van der Waals surface area (Å²) in [5.41, 5.74) is 3.49. The summed E-state index contributed by atoms with van der Waals surface area (Å²) in [6.07, 6.45) is 0.671. The number of benzene rings is 2. The topological polar surface area (TPSA) is 67.5 Å². The van der Waals surface area contributed by atoms with Gasteiger partial charge in [0.05, 0.1) is 25.5 Å². The van der Waals surface area contributed by atoms with E-state index in [2.05, 4.69) is 9.88 Å². The summed E-state index contributed by atoms with van der Waals surface area (Å²) in [5, 5.41) is 0. The third kappa shape index (κ3) is 3.51. The van der Waals surface area contributed by atoms with Crippen molar-refractivity contribution in [1.29, 1.82) is 0 Å². The predicted octanol–water partition coefficient (Wildman–Crippen LogP) is 3.01. The van der Waals surface area contributed by atoms with E-state index in [9.17, 15) is 4.79 Å². The molecule has 1 N–H and O–H groups in total. The molecule has 1 aliphatic heterocycles. The Bertz CT molecular complexity index is 1010. The molecule has 3 aromatic rings. The third-order valence-corrected chi connectivity index (χ3v) is 5.11. The Balaban J connectivity index is 1.64. The highest BCUT2D eigenvalue weighted by atomic mass is 16.5.